The maximum absolute atomic E-state index is 14.0. The van der Waals surface area contributed by atoms with E-state index in [4.69, 9.17) is 32.7 Å². The van der Waals surface area contributed by atoms with E-state index in [1.165, 1.54) is 24.4 Å². The van der Waals surface area contributed by atoms with Crippen LogP contribution in [0, 0.1) is 5.82 Å². The van der Waals surface area contributed by atoms with Crippen molar-refractivity contribution in [1.29, 1.82) is 0 Å². The number of rotatable bonds is 8. The summed E-state index contributed by atoms with van der Waals surface area (Å²) in [5.41, 5.74) is 3.08. The van der Waals surface area contributed by atoms with Gasteiger partial charge in [-0.1, -0.05) is 41.4 Å². The maximum atomic E-state index is 14.0. The quantitative estimate of drug-likeness (QED) is 0.251. The highest BCUT2D eigenvalue weighted by Gasteiger charge is 2.15. The normalized spacial score (nSPS) is 10.7. The molecule has 0 aromatic heterocycles. The van der Waals surface area contributed by atoms with E-state index in [-0.39, 0.29) is 17.2 Å². The number of para-hydroxylation sites is 2. The van der Waals surface area contributed by atoms with Gasteiger partial charge in [0, 0.05) is 16.1 Å². The molecule has 3 aromatic rings. The summed E-state index contributed by atoms with van der Waals surface area (Å²) in [6.45, 7) is 2.07. The largest absolute Gasteiger partial charge is 0.492 e. The van der Waals surface area contributed by atoms with Gasteiger partial charge < -0.3 is 14.8 Å². The molecule has 176 valence electrons. The molecule has 2 N–H and O–H groups in total. The lowest BCUT2D eigenvalue weighted by atomic mass is 10.2. The van der Waals surface area contributed by atoms with E-state index in [1.54, 1.807) is 49.4 Å². The summed E-state index contributed by atoms with van der Waals surface area (Å²) >= 11 is 12.1. The topological polar surface area (TPSA) is 89.0 Å². The summed E-state index contributed by atoms with van der Waals surface area (Å²) in [4.78, 5) is 24.4. The molecule has 0 saturated heterocycles. The molecule has 0 heterocycles. The molecule has 0 aliphatic heterocycles. The number of hydrogen-bond acceptors (Lipinski definition) is 5. The third kappa shape index (κ3) is 6.69. The van der Waals surface area contributed by atoms with Crippen LogP contribution in [0.15, 0.2) is 65.8 Å². The molecule has 0 fully saturated rings. The lowest BCUT2D eigenvalue weighted by Gasteiger charge is -2.11. The summed E-state index contributed by atoms with van der Waals surface area (Å²) in [5, 5.41) is 6.88. The maximum Gasteiger partial charge on any atom is 0.329 e. The fourth-order valence-electron chi connectivity index (χ4n) is 2.81. The number of anilines is 1. The molecule has 0 aliphatic rings. The van der Waals surface area contributed by atoms with E-state index in [1.807, 2.05) is 0 Å². The minimum absolute atomic E-state index is 0.137. The first kappa shape index (κ1) is 25.0. The molecule has 0 unspecified atom stereocenters. The Balaban J connectivity index is 1.65. The Labute approximate surface area is 205 Å². The Kier molecular flexibility index (Phi) is 8.84. The number of carbonyl (C=O) groups excluding carboxylic acids is 2. The average molecular weight is 504 g/mol. The molecule has 7 nitrogen and oxygen atoms in total. The Morgan fingerprint density at radius 1 is 1.00 bits per heavy atom. The fraction of sp³-hybridized carbons (Fsp3) is 0.125. The summed E-state index contributed by atoms with van der Waals surface area (Å²) < 4.78 is 25.1. The molecule has 3 aromatic carbocycles. The molecule has 0 saturated carbocycles. The molecule has 0 atom stereocenters. The number of ether oxygens (including phenoxy) is 2. The van der Waals surface area contributed by atoms with Crippen LogP contribution in [-0.4, -0.2) is 24.6 Å². The number of hydrogen-bond donors (Lipinski definition) is 2. The predicted molar refractivity (Wildman–Crippen MR) is 129 cm³/mol. The first-order valence-electron chi connectivity index (χ1n) is 10.1. The smallest absolute Gasteiger partial charge is 0.329 e. The number of benzene rings is 3. The van der Waals surface area contributed by atoms with Crippen molar-refractivity contribution in [3.8, 4) is 11.5 Å². The van der Waals surface area contributed by atoms with Crippen molar-refractivity contribution in [2.75, 3.05) is 11.9 Å². The highest BCUT2D eigenvalue weighted by atomic mass is 35.5. The van der Waals surface area contributed by atoms with Gasteiger partial charge in [-0.15, -0.1) is 0 Å². The van der Waals surface area contributed by atoms with Gasteiger partial charge >= 0.3 is 11.8 Å². The summed E-state index contributed by atoms with van der Waals surface area (Å²) in [5.74, 6) is -1.67. The highest BCUT2D eigenvalue weighted by Crippen LogP contribution is 2.26. The molecule has 0 bridgehead atoms. The van der Waals surface area contributed by atoms with Gasteiger partial charge in [-0.05, 0) is 49.4 Å². The molecule has 10 heteroatoms. The number of nitrogens with zero attached hydrogens (tertiary/aromatic N) is 1. The minimum atomic E-state index is -0.995. The third-order valence-electron chi connectivity index (χ3n) is 4.42. The molecule has 0 aliphatic carbocycles. The monoisotopic (exact) mass is 503 g/mol. The van der Waals surface area contributed by atoms with Crippen molar-refractivity contribution in [3.05, 3.63) is 87.7 Å². The lowest BCUT2D eigenvalue weighted by molar-refractivity contribution is -0.136. The van der Waals surface area contributed by atoms with E-state index in [9.17, 15) is 14.0 Å². The zero-order chi connectivity index (χ0) is 24.5. The second-order valence-electron chi connectivity index (χ2n) is 6.75. The zero-order valence-electron chi connectivity index (χ0n) is 18.0. The van der Waals surface area contributed by atoms with E-state index in [0.717, 1.165) is 0 Å². The Morgan fingerprint density at radius 2 is 1.79 bits per heavy atom. The lowest BCUT2D eigenvalue weighted by Crippen LogP contribution is -2.32. The number of nitrogens with one attached hydrogen (secondary N) is 2. The number of hydrazone groups is 1. The molecule has 0 radical (unpaired) electrons. The molecule has 2 amide bonds. The first-order valence-corrected chi connectivity index (χ1v) is 10.9. The van der Waals surface area contributed by atoms with Gasteiger partial charge in [0.15, 0.2) is 0 Å². The number of carbonyl (C=O) groups is 2. The molecule has 3 rings (SSSR count). The van der Waals surface area contributed by atoms with Crippen molar-refractivity contribution < 1.29 is 23.5 Å². The minimum Gasteiger partial charge on any atom is -0.492 e. The fourth-order valence-corrected chi connectivity index (χ4v) is 3.21. The van der Waals surface area contributed by atoms with Crippen LogP contribution < -0.4 is 20.2 Å². The van der Waals surface area contributed by atoms with Gasteiger partial charge in [-0.3, -0.25) is 9.59 Å². The van der Waals surface area contributed by atoms with Crippen LogP contribution in [0.5, 0.6) is 11.5 Å². The molecular formula is C24H20Cl2FN3O4. The third-order valence-corrected chi connectivity index (χ3v) is 5.01. The molecule has 0 spiro atoms. The molecule has 34 heavy (non-hydrogen) atoms. The Morgan fingerprint density at radius 3 is 2.56 bits per heavy atom. The van der Waals surface area contributed by atoms with Gasteiger partial charge in [0.1, 0.15) is 23.9 Å². The molecular weight excluding hydrogens is 484 g/mol. The van der Waals surface area contributed by atoms with E-state index >= 15 is 0 Å². The predicted octanol–water partition coefficient (Wildman–Crippen LogP) is 5.20. The first-order chi connectivity index (χ1) is 16.4. The second-order valence-corrected chi connectivity index (χ2v) is 7.60. The zero-order valence-corrected chi connectivity index (χ0v) is 19.5. The SMILES string of the molecule is CCOc1ccccc1NC(=O)C(=O)N/N=C\c1cc(Cl)ccc1OCc1c(F)cccc1Cl. The van der Waals surface area contributed by atoms with E-state index in [0.29, 0.717) is 34.4 Å². The van der Waals surface area contributed by atoms with E-state index < -0.39 is 17.6 Å². The number of amides is 2. The summed E-state index contributed by atoms with van der Waals surface area (Å²) in [6, 6.07) is 15.7. The van der Waals surface area contributed by atoms with Gasteiger partial charge in [-0.25, -0.2) is 9.82 Å². The van der Waals surface area contributed by atoms with Crippen LogP contribution in [0.3, 0.4) is 0 Å². The highest BCUT2D eigenvalue weighted by molar-refractivity contribution is 6.39. The Hall–Kier alpha value is -3.62. The van der Waals surface area contributed by atoms with Crippen LogP contribution in [0.2, 0.25) is 10.0 Å². The van der Waals surface area contributed by atoms with Gasteiger partial charge in [0.2, 0.25) is 0 Å². The second kappa shape index (κ2) is 12.0. The van der Waals surface area contributed by atoms with Crippen molar-refractivity contribution in [2.24, 2.45) is 5.10 Å². The van der Waals surface area contributed by atoms with Crippen molar-refractivity contribution in [2.45, 2.75) is 13.5 Å². The van der Waals surface area contributed by atoms with Gasteiger partial charge in [0.25, 0.3) is 0 Å². The van der Waals surface area contributed by atoms with Gasteiger partial charge in [0.05, 0.1) is 23.5 Å². The average Bonchev–Trinajstić information content (AvgIpc) is 2.81. The van der Waals surface area contributed by atoms with Crippen molar-refractivity contribution >= 4 is 46.9 Å². The number of halogens is 3. The van der Waals surface area contributed by atoms with Gasteiger partial charge in [-0.2, -0.15) is 5.10 Å². The Bertz CT molecular complexity index is 1200. The van der Waals surface area contributed by atoms with Crippen LogP contribution in [0.4, 0.5) is 10.1 Å². The summed E-state index contributed by atoms with van der Waals surface area (Å²) in [6.07, 6.45) is 1.25. The van der Waals surface area contributed by atoms with Crippen LogP contribution in [-0.2, 0) is 16.2 Å². The van der Waals surface area contributed by atoms with Crippen LogP contribution in [0.1, 0.15) is 18.1 Å². The summed E-state index contributed by atoms with van der Waals surface area (Å²) in [7, 11) is 0. The van der Waals surface area contributed by atoms with Crippen LogP contribution in [0.25, 0.3) is 0 Å². The van der Waals surface area contributed by atoms with Crippen LogP contribution >= 0.6 is 23.2 Å². The van der Waals surface area contributed by atoms with Crippen molar-refractivity contribution in [3.63, 3.8) is 0 Å². The standard InChI is InChI=1S/C24H20Cl2FN3O4/c1-2-33-22-9-4-3-8-20(22)29-23(31)24(32)30-28-13-15-12-16(25)10-11-21(15)34-14-17-18(26)6-5-7-19(17)27/h3-13H,2,14H2,1H3,(H,29,31)(H,30,32)/b28-13-. The van der Waals surface area contributed by atoms with Crippen molar-refractivity contribution in [1.82, 2.24) is 5.43 Å². The van der Waals surface area contributed by atoms with E-state index in [2.05, 4.69) is 15.8 Å².